The molecule has 0 saturated carbocycles. The fourth-order valence-corrected chi connectivity index (χ4v) is 3.35. The SMILES string of the molecule is CCSC1C=C(C)C=C(NC)N1Cc1cccc(F)c1. The van der Waals surface area contributed by atoms with E-state index in [4.69, 9.17) is 0 Å². The van der Waals surface area contributed by atoms with Crippen LogP contribution in [0.4, 0.5) is 4.39 Å². The lowest BCUT2D eigenvalue weighted by molar-refractivity contribution is 0.322. The molecule has 1 unspecified atom stereocenters. The van der Waals surface area contributed by atoms with Crippen molar-refractivity contribution in [3.05, 3.63) is 59.2 Å². The molecule has 0 spiro atoms. The molecule has 0 radical (unpaired) electrons. The maximum absolute atomic E-state index is 13.3. The number of halogens is 1. The minimum absolute atomic E-state index is 0.180. The first-order chi connectivity index (χ1) is 9.63. The molecule has 2 rings (SSSR count). The van der Waals surface area contributed by atoms with Gasteiger partial charge >= 0.3 is 0 Å². The van der Waals surface area contributed by atoms with E-state index in [1.165, 1.54) is 11.6 Å². The lowest BCUT2D eigenvalue weighted by Crippen LogP contribution is -2.37. The molecule has 1 heterocycles. The van der Waals surface area contributed by atoms with Gasteiger partial charge in [0.15, 0.2) is 0 Å². The summed E-state index contributed by atoms with van der Waals surface area (Å²) in [6, 6.07) is 6.82. The summed E-state index contributed by atoms with van der Waals surface area (Å²) in [5.41, 5.74) is 2.25. The molecule has 0 aromatic heterocycles. The minimum atomic E-state index is -0.180. The maximum atomic E-state index is 13.3. The zero-order valence-corrected chi connectivity index (χ0v) is 13.0. The molecule has 0 fully saturated rings. The number of nitrogens with zero attached hydrogens (tertiary/aromatic N) is 1. The molecule has 0 bridgehead atoms. The van der Waals surface area contributed by atoms with Crippen LogP contribution in [0.5, 0.6) is 0 Å². The fourth-order valence-electron chi connectivity index (χ4n) is 2.33. The van der Waals surface area contributed by atoms with Crippen LogP contribution < -0.4 is 5.32 Å². The molecule has 1 N–H and O–H groups in total. The first-order valence-electron chi connectivity index (χ1n) is 6.84. The van der Waals surface area contributed by atoms with Crippen LogP contribution in [0.15, 0.2) is 47.8 Å². The van der Waals surface area contributed by atoms with Crippen LogP contribution >= 0.6 is 11.8 Å². The predicted octanol–water partition coefficient (Wildman–Crippen LogP) is 3.73. The number of hydrogen-bond donors (Lipinski definition) is 1. The van der Waals surface area contributed by atoms with Gasteiger partial charge in [0.2, 0.25) is 0 Å². The van der Waals surface area contributed by atoms with Gasteiger partial charge in [-0.25, -0.2) is 4.39 Å². The van der Waals surface area contributed by atoms with Crippen molar-refractivity contribution < 1.29 is 4.39 Å². The Hall–Kier alpha value is -1.42. The van der Waals surface area contributed by atoms with Crippen molar-refractivity contribution in [3.8, 4) is 0 Å². The second-order valence-corrected chi connectivity index (χ2v) is 6.19. The summed E-state index contributed by atoms with van der Waals surface area (Å²) >= 11 is 1.88. The van der Waals surface area contributed by atoms with Gasteiger partial charge in [0.05, 0.1) is 5.37 Å². The van der Waals surface area contributed by atoms with Gasteiger partial charge in [-0.3, -0.25) is 0 Å². The van der Waals surface area contributed by atoms with Crippen LogP contribution in [0.2, 0.25) is 0 Å². The second-order valence-electron chi connectivity index (χ2n) is 4.79. The largest absolute Gasteiger partial charge is 0.375 e. The molecule has 0 aliphatic carbocycles. The lowest BCUT2D eigenvalue weighted by Gasteiger charge is -2.36. The highest BCUT2D eigenvalue weighted by molar-refractivity contribution is 7.99. The maximum Gasteiger partial charge on any atom is 0.123 e. The molecule has 1 aliphatic rings. The van der Waals surface area contributed by atoms with Crippen molar-refractivity contribution in [3.63, 3.8) is 0 Å². The summed E-state index contributed by atoms with van der Waals surface area (Å²) in [7, 11) is 1.93. The third kappa shape index (κ3) is 3.57. The molecule has 0 amide bonds. The summed E-state index contributed by atoms with van der Waals surface area (Å²) in [4.78, 5) is 2.27. The van der Waals surface area contributed by atoms with Crippen LogP contribution in [0.3, 0.4) is 0 Å². The number of rotatable bonds is 5. The molecule has 1 aromatic carbocycles. The number of nitrogens with one attached hydrogen (secondary N) is 1. The average Bonchev–Trinajstić information content (AvgIpc) is 2.41. The molecule has 4 heteroatoms. The van der Waals surface area contributed by atoms with Crippen molar-refractivity contribution in [2.75, 3.05) is 12.8 Å². The second kappa shape index (κ2) is 6.84. The monoisotopic (exact) mass is 292 g/mol. The standard InChI is InChI=1S/C16H21FN2S/c1-4-20-16-9-12(2)8-15(18-3)19(16)11-13-6-5-7-14(17)10-13/h5-10,16,18H,4,11H2,1-3H3. The highest BCUT2D eigenvalue weighted by Gasteiger charge is 2.22. The Bertz CT molecular complexity index is 525. The smallest absolute Gasteiger partial charge is 0.123 e. The van der Waals surface area contributed by atoms with Crippen molar-refractivity contribution in [2.24, 2.45) is 0 Å². The topological polar surface area (TPSA) is 15.3 Å². The Morgan fingerprint density at radius 2 is 2.20 bits per heavy atom. The molecule has 1 aromatic rings. The summed E-state index contributed by atoms with van der Waals surface area (Å²) < 4.78 is 13.3. The third-order valence-corrected chi connectivity index (χ3v) is 4.29. The van der Waals surface area contributed by atoms with Crippen LogP contribution in [0.25, 0.3) is 0 Å². The van der Waals surface area contributed by atoms with E-state index < -0.39 is 0 Å². The van der Waals surface area contributed by atoms with Crippen LogP contribution in [-0.2, 0) is 6.54 Å². The average molecular weight is 292 g/mol. The minimum Gasteiger partial charge on any atom is -0.375 e. The molecular formula is C16H21FN2S. The van der Waals surface area contributed by atoms with Gasteiger partial charge in [0, 0.05) is 13.6 Å². The van der Waals surface area contributed by atoms with Gasteiger partial charge < -0.3 is 10.2 Å². The van der Waals surface area contributed by atoms with Gasteiger partial charge in [0.1, 0.15) is 11.6 Å². The quantitative estimate of drug-likeness (QED) is 0.890. The van der Waals surface area contributed by atoms with E-state index >= 15 is 0 Å². The summed E-state index contributed by atoms with van der Waals surface area (Å²) in [6.45, 7) is 4.97. The molecule has 108 valence electrons. The Morgan fingerprint density at radius 3 is 2.85 bits per heavy atom. The molecule has 20 heavy (non-hydrogen) atoms. The zero-order valence-electron chi connectivity index (χ0n) is 12.2. The Morgan fingerprint density at radius 1 is 1.40 bits per heavy atom. The molecular weight excluding hydrogens is 271 g/mol. The molecule has 1 atom stereocenters. The van der Waals surface area contributed by atoms with Gasteiger partial charge in [-0.05, 0) is 48.1 Å². The van der Waals surface area contributed by atoms with E-state index in [1.807, 2.05) is 24.9 Å². The van der Waals surface area contributed by atoms with E-state index in [0.29, 0.717) is 6.54 Å². The Labute approximate surface area is 124 Å². The first-order valence-corrected chi connectivity index (χ1v) is 7.89. The van der Waals surface area contributed by atoms with E-state index in [9.17, 15) is 4.39 Å². The van der Waals surface area contributed by atoms with Crippen molar-refractivity contribution in [1.29, 1.82) is 0 Å². The summed E-state index contributed by atoms with van der Waals surface area (Å²) in [5, 5.41) is 3.53. The van der Waals surface area contributed by atoms with Gasteiger partial charge in [-0.15, -0.1) is 11.8 Å². The summed E-state index contributed by atoms with van der Waals surface area (Å²) in [6.07, 6.45) is 4.39. The van der Waals surface area contributed by atoms with Crippen LogP contribution in [-0.4, -0.2) is 23.1 Å². The van der Waals surface area contributed by atoms with E-state index in [0.717, 1.165) is 17.1 Å². The number of benzene rings is 1. The van der Waals surface area contributed by atoms with Gasteiger partial charge in [0.25, 0.3) is 0 Å². The van der Waals surface area contributed by atoms with E-state index in [2.05, 4.69) is 36.2 Å². The highest BCUT2D eigenvalue weighted by atomic mass is 32.2. The summed E-state index contributed by atoms with van der Waals surface area (Å²) in [5.74, 6) is 1.95. The van der Waals surface area contributed by atoms with E-state index in [-0.39, 0.29) is 11.2 Å². The fraction of sp³-hybridized carbons (Fsp3) is 0.375. The molecule has 0 saturated heterocycles. The highest BCUT2D eigenvalue weighted by Crippen LogP contribution is 2.28. The first kappa shape index (κ1) is 15.0. The van der Waals surface area contributed by atoms with Gasteiger partial charge in [-0.2, -0.15) is 0 Å². The number of allylic oxidation sites excluding steroid dienone is 2. The molecule has 2 nitrogen and oxygen atoms in total. The van der Waals surface area contributed by atoms with Crippen LogP contribution in [0.1, 0.15) is 19.4 Å². The third-order valence-electron chi connectivity index (χ3n) is 3.22. The van der Waals surface area contributed by atoms with E-state index in [1.54, 1.807) is 12.1 Å². The zero-order chi connectivity index (χ0) is 14.5. The number of hydrogen-bond acceptors (Lipinski definition) is 3. The van der Waals surface area contributed by atoms with Gasteiger partial charge in [-0.1, -0.05) is 19.1 Å². The Kier molecular flexibility index (Phi) is 5.12. The van der Waals surface area contributed by atoms with Crippen molar-refractivity contribution in [1.82, 2.24) is 10.2 Å². The van der Waals surface area contributed by atoms with Crippen molar-refractivity contribution >= 4 is 11.8 Å². The predicted molar refractivity (Wildman–Crippen MR) is 84.8 cm³/mol. The normalized spacial score (nSPS) is 18.6. The lowest BCUT2D eigenvalue weighted by atomic mass is 10.1. The number of thioether (sulfide) groups is 1. The molecule has 1 aliphatic heterocycles. The Balaban J connectivity index is 2.23. The van der Waals surface area contributed by atoms with Crippen LogP contribution in [0, 0.1) is 5.82 Å². The van der Waals surface area contributed by atoms with Crippen molar-refractivity contribution in [2.45, 2.75) is 25.8 Å².